The van der Waals surface area contributed by atoms with Crippen molar-refractivity contribution in [3.8, 4) is 0 Å². The molecule has 3 aromatic heterocycles. The van der Waals surface area contributed by atoms with Gasteiger partial charge in [0.05, 0.1) is 41.6 Å². The van der Waals surface area contributed by atoms with E-state index < -0.39 is 11.7 Å². The van der Waals surface area contributed by atoms with Crippen LogP contribution in [0.1, 0.15) is 17.3 Å². The van der Waals surface area contributed by atoms with Gasteiger partial charge in [0, 0.05) is 11.9 Å². The maximum Gasteiger partial charge on any atom is 0.252 e. The van der Waals surface area contributed by atoms with Crippen molar-refractivity contribution in [1.82, 2.24) is 19.7 Å². The third kappa shape index (κ3) is 2.34. The molecule has 3 heterocycles. The lowest BCUT2D eigenvalue weighted by atomic mass is 10.2. The molecule has 0 atom stereocenters. The summed E-state index contributed by atoms with van der Waals surface area (Å²) in [5, 5.41) is 8.04. The highest BCUT2D eigenvalue weighted by Gasteiger charge is 2.14. The maximum absolute atomic E-state index is 13.2. The number of hydrogen-bond donors (Lipinski definition) is 2. The molecule has 0 aromatic carbocycles. The predicted molar refractivity (Wildman–Crippen MR) is 79.2 cm³/mol. The first-order chi connectivity index (χ1) is 10.6. The van der Waals surface area contributed by atoms with E-state index in [1.54, 1.807) is 23.3 Å². The van der Waals surface area contributed by atoms with Crippen LogP contribution < -0.4 is 11.1 Å². The average molecular weight is 300 g/mol. The fourth-order valence-electron chi connectivity index (χ4n) is 2.20. The van der Waals surface area contributed by atoms with Gasteiger partial charge in [-0.05, 0) is 13.0 Å². The first kappa shape index (κ1) is 13.9. The van der Waals surface area contributed by atoms with Crippen molar-refractivity contribution in [1.29, 1.82) is 0 Å². The summed E-state index contributed by atoms with van der Waals surface area (Å²) in [6.07, 6.45) is 5.98. The normalized spacial score (nSPS) is 10.8. The molecule has 0 saturated carbocycles. The van der Waals surface area contributed by atoms with Crippen LogP contribution >= 0.6 is 0 Å². The molecule has 3 rings (SSSR count). The van der Waals surface area contributed by atoms with Crippen LogP contribution in [0.3, 0.4) is 0 Å². The molecule has 0 saturated heterocycles. The number of nitrogens with zero attached hydrogens (tertiary/aromatic N) is 4. The van der Waals surface area contributed by atoms with Crippen LogP contribution in [0, 0.1) is 5.82 Å². The van der Waals surface area contributed by atoms with Crippen molar-refractivity contribution in [3.05, 3.63) is 42.2 Å². The number of primary amides is 1. The van der Waals surface area contributed by atoms with Crippen LogP contribution in [-0.2, 0) is 6.54 Å². The quantitative estimate of drug-likeness (QED) is 0.766. The number of aromatic nitrogens is 4. The Labute approximate surface area is 125 Å². The van der Waals surface area contributed by atoms with E-state index in [0.717, 1.165) is 23.2 Å². The molecule has 0 aliphatic carbocycles. The minimum Gasteiger partial charge on any atom is -0.365 e. The van der Waals surface area contributed by atoms with Gasteiger partial charge in [0.1, 0.15) is 11.6 Å². The molecule has 0 fully saturated rings. The van der Waals surface area contributed by atoms with E-state index in [-0.39, 0.29) is 11.4 Å². The standard InChI is InChI=1S/C14H13FN6O/c1-2-21-12-7-17-6-11(10(12)5-19-21)20-14-9(13(16)22)3-8(15)4-18-14/h3-7H,2H2,1H3,(H2,16,22)(H,18,20). The van der Waals surface area contributed by atoms with Gasteiger partial charge in [0.25, 0.3) is 5.91 Å². The van der Waals surface area contributed by atoms with Gasteiger partial charge in [-0.2, -0.15) is 5.10 Å². The number of hydrogen-bond acceptors (Lipinski definition) is 5. The van der Waals surface area contributed by atoms with Gasteiger partial charge >= 0.3 is 0 Å². The molecule has 0 aliphatic heterocycles. The zero-order valence-corrected chi connectivity index (χ0v) is 11.7. The van der Waals surface area contributed by atoms with Gasteiger partial charge in [0.2, 0.25) is 0 Å². The topological polar surface area (TPSA) is 98.7 Å². The summed E-state index contributed by atoms with van der Waals surface area (Å²) in [5.41, 5.74) is 6.68. The zero-order valence-electron chi connectivity index (χ0n) is 11.7. The van der Waals surface area contributed by atoms with Crippen LogP contribution in [0.15, 0.2) is 30.9 Å². The molecule has 112 valence electrons. The van der Waals surface area contributed by atoms with Gasteiger partial charge in [-0.3, -0.25) is 14.5 Å². The van der Waals surface area contributed by atoms with Crippen molar-refractivity contribution in [2.75, 3.05) is 5.32 Å². The molecule has 8 heteroatoms. The molecule has 7 nitrogen and oxygen atoms in total. The number of fused-ring (bicyclic) bond motifs is 1. The SMILES string of the molecule is CCn1ncc2c(Nc3ncc(F)cc3C(N)=O)cncc21. The predicted octanol–water partition coefficient (Wildman–Crippen LogP) is 1.83. The van der Waals surface area contributed by atoms with Gasteiger partial charge in [0.15, 0.2) is 0 Å². The number of carbonyl (C=O) groups excluding carboxylic acids is 1. The fraction of sp³-hybridized carbons (Fsp3) is 0.143. The molecule has 0 radical (unpaired) electrons. The molecule has 3 N–H and O–H groups in total. The van der Waals surface area contributed by atoms with Crippen LogP contribution in [0.2, 0.25) is 0 Å². The first-order valence-electron chi connectivity index (χ1n) is 6.62. The Morgan fingerprint density at radius 1 is 1.36 bits per heavy atom. The Morgan fingerprint density at radius 3 is 2.91 bits per heavy atom. The monoisotopic (exact) mass is 300 g/mol. The number of amides is 1. The second kappa shape index (κ2) is 5.40. The first-order valence-corrected chi connectivity index (χ1v) is 6.62. The van der Waals surface area contributed by atoms with E-state index >= 15 is 0 Å². The van der Waals surface area contributed by atoms with Gasteiger partial charge in [-0.15, -0.1) is 0 Å². The van der Waals surface area contributed by atoms with E-state index in [9.17, 15) is 9.18 Å². The summed E-state index contributed by atoms with van der Waals surface area (Å²) in [7, 11) is 0. The van der Waals surface area contributed by atoms with E-state index in [4.69, 9.17) is 5.73 Å². The number of anilines is 2. The molecule has 3 aromatic rings. The Hall–Kier alpha value is -3.03. The summed E-state index contributed by atoms with van der Waals surface area (Å²) in [6, 6.07) is 1.04. The average Bonchev–Trinajstić information content (AvgIpc) is 2.93. The molecule has 0 spiro atoms. The van der Waals surface area contributed by atoms with Crippen LogP contribution in [0.25, 0.3) is 10.9 Å². The molecule has 1 amide bonds. The van der Waals surface area contributed by atoms with E-state index in [1.807, 2.05) is 6.92 Å². The van der Waals surface area contributed by atoms with E-state index in [1.165, 1.54) is 0 Å². The lowest BCUT2D eigenvalue weighted by molar-refractivity contribution is 0.100. The van der Waals surface area contributed by atoms with Gasteiger partial charge < -0.3 is 11.1 Å². The third-order valence-corrected chi connectivity index (χ3v) is 3.24. The highest BCUT2D eigenvalue weighted by Crippen LogP contribution is 2.26. The number of nitrogens with two attached hydrogens (primary N) is 1. The lowest BCUT2D eigenvalue weighted by Crippen LogP contribution is -2.14. The Balaban J connectivity index is 2.07. The van der Waals surface area contributed by atoms with Crippen molar-refractivity contribution < 1.29 is 9.18 Å². The highest BCUT2D eigenvalue weighted by atomic mass is 19.1. The second-order valence-corrected chi connectivity index (χ2v) is 4.62. The minimum absolute atomic E-state index is 0.0279. The van der Waals surface area contributed by atoms with Crippen molar-refractivity contribution in [2.24, 2.45) is 5.73 Å². The smallest absolute Gasteiger partial charge is 0.252 e. The zero-order chi connectivity index (χ0) is 15.7. The molecule has 0 aliphatic rings. The minimum atomic E-state index is -0.765. The lowest BCUT2D eigenvalue weighted by Gasteiger charge is -2.09. The van der Waals surface area contributed by atoms with Crippen molar-refractivity contribution in [2.45, 2.75) is 13.5 Å². The summed E-state index contributed by atoms with van der Waals surface area (Å²) in [5.74, 6) is -1.22. The summed E-state index contributed by atoms with van der Waals surface area (Å²) in [6.45, 7) is 2.68. The van der Waals surface area contributed by atoms with Gasteiger partial charge in [-0.25, -0.2) is 9.37 Å². The molecular formula is C14H13FN6O. The number of rotatable bonds is 4. The van der Waals surface area contributed by atoms with Crippen molar-refractivity contribution in [3.63, 3.8) is 0 Å². The van der Waals surface area contributed by atoms with Crippen LogP contribution in [0.5, 0.6) is 0 Å². The number of nitrogens with one attached hydrogen (secondary N) is 1. The molecule has 0 bridgehead atoms. The van der Waals surface area contributed by atoms with Gasteiger partial charge in [-0.1, -0.05) is 0 Å². The molecule has 22 heavy (non-hydrogen) atoms. The number of halogens is 1. The largest absolute Gasteiger partial charge is 0.365 e. The summed E-state index contributed by atoms with van der Waals surface area (Å²) >= 11 is 0. The van der Waals surface area contributed by atoms with E-state index in [0.29, 0.717) is 12.2 Å². The van der Waals surface area contributed by atoms with Crippen LogP contribution in [0.4, 0.5) is 15.9 Å². The third-order valence-electron chi connectivity index (χ3n) is 3.24. The van der Waals surface area contributed by atoms with Crippen LogP contribution in [-0.4, -0.2) is 25.7 Å². The maximum atomic E-state index is 13.2. The van der Waals surface area contributed by atoms with Crippen molar-refractivity contribution >= 4 is 28.3 Å². The summed E-state index contributed by atoms with van der Waals surface area (Å²) < 4.78 is 15.0. The molecular weight excluding hydrogens is 287 g/mol. The Kier molecular flexibility index (Phi) is 3.42. The summed E-state index contributed by atoms with van der Waals surface area (Å²) in [4.78, 5) is 19.4. The van der Waals surface area contributed by atoms with E-state index in [2.05, 4.69) is 20.4 Å². The Morgan fingerprint density at radius 2 is 2.18 bits per heavy atom. The second-order valence-electron chi connectivity index (χ2n) is 4.62. The number of pyridine rings is 2. The highest BCUT2D eigenvalue weighted by molar-refractivity contribution is 6.00. The number of carbonyl (C=O) groups is 1. The number of aryl methyl sites for hydroxylation is 1. The fourth-order valence-corrected chi connectivity index (χ4v) is 2.20. The molecule has 0 unspecified atom stereocenters. The Bertz CT molecular complexity index is 860.